The lowest BCUT2D eigenvalue weighted by Gasteiger charge is -2.22. The summed E-state index contributed by atoms with van der Waals surface area (Å²) in [5.74, 6) is 0.452. The molecule has 0 fully saturated rings. The second kappa shape index (κ2) is 9.36. The number of Topliss-reactive ketones (excluding diaryl/α,β-unsaturated/α-hetero) is 1. The molecule has 130 valence electrons. The summed E-state index contributed by atoms with van der Waals surface area (Å²) in [5, 5.41) is 3.55. The van der Waals surface area contributed by atoms with Crippen molar-refractivity contribution in [1.29, 1.82) is 0 Å². The van der Waals surface area contributed by atoms with Crippen molar-refractivity contribution in [3.8, 4) is 0 Å². The third kappa shape index (κ3) is 5.91. The van der Waals surface area contributed by atoms with Crippen LogP contribution in [0.3, 0.4) is 0 Å². The number of rotatable bonds is 10. The van der Waals surface area contributed by atoms with Gasteiger partial charge in [-0.15, -0.1) is 0 Å². The molecular formula is C20H31BN2O. The number of hydrogen-bond acceptors (Lipinski definition) is 3. The van der Waals surface area contributed by atoms with Crippen molar-refractivity contribution in [2.24, 2.45) is 0 Å². The zero-order valence-corrected chi connectivity index (χ0v) is 15.9. The minimum atomic E-state index is 0.127. The summed E-state index contributed by atoms with van der Waals surface area (Å²) < 4.78 is 0. The Hall–Kier alpha value is -1.97. The summed E-state index contributed by atoms with van der Waals surface area (Å²) >= 11 is 0. The molecule has 1 aromatic carbocycles. The van der Waals surface area contributed by atoms with Crippen LogP contribution in [0.1, 0.15) is 41.3 Å². The number of nitrogens with zero attached hydrogens (tertiary/aromatic N) is 1. The molecule has 1 atom stereocenters. The van der Waals surface area contributed by atoms with Crippen molar-refractivity contribution in [2.45, 2.75) is 45.9 Å². The third-order valence-electron chi connectivity index (χ3n) is 4.54. The first-order valence-corrected chi connectivity index (χ1v) is 8.65. The second-order valence-corrected chi connectivity index (χ2v) is 6.66. The van der Waals surface area contributed by atoms with Gasteiger partial charge in [-0.1, -0.05) is 38.2 Å². The maximum absolute atomic E-state index is 11.7. The quantitative estimate of drug-likeness (QED) is 0.527. The van der Waals surface area contributed by atoms with Crippen molar-refractivity contribution in [3.63, 3.8) is 0 Å². The van der Waals surface area contributed by atoms with Gasteiger partial charge in [0.2, 0.25) is 0 Å². The van der Waals surface area contributed by atoms with E-state index in [1.807, 2.05) is 38.1 Å². The number of hydrogen-bond donors (Lipinski definition) is 1. The van der Waals surface area contributed by atoms with E-state index in [1.54, 1.807) is 6.92 Å². The van der Waals surface area contributed by atoms with E-state index in [1.165, 1.54) is 5.56 Å². The molecule has 0 amide bonds. The Morgan fingerprint density at radius 3 is 2.50 bits per heavy atom. The predicted molar refractivity (Wildman–Crippen MR) is 106 cm³/mol. The molecule has 1 aromatic rings. The second-order valence-electron chi connectivity index (χ2n) is 6.66. The summed E-state index contributed by atoms with van der Waals surface area (Å²) in [5.41, 5.74) is 5.30. The highest BCUT2D eigenvalue weighted by atomic mass is 16.1. The van der Waals surface area contributed by atoms with Crippen LogP contribution in [0.5, 0.6) is 0 Å². The van der Waals surface area contributed by atoms with Gasteiger partial charge in [-0.2, -0.15) is 0 Å². The average Bonchev–Trinajstić information content (AvgIpc) is 2.53. The van der Waals surface area contributed by atoms with Gasteiger partial charge in [0.05, 0.1) is 0 Å². The Kier molecular flexibility index (Phi) is 7.83. The van der Waals surface area contributed by atoms with E-state index in [0.29, 0.717) is 5.94 Å². The van der Waals surface area contributed by atoms with Crippen molar-refractivity contribution in [1.82, 2.24) is 10.2 Å². The maximum Gasteiger partial charge on any atom is 0.160 e. The monoisotopic (exact) mass is 326 g/mol. The Morgan fingerprint density at radius 2 is 1.96 bits per heavy atom. The zero-order valence-electron chi connectivity index (χ0n) is 15.9. The first-order chi connectivity index (χ1) is 11.3. The summed E-state index contributed by atoms with van der Waals surface area (Å²) in [6, 6.07) is 5.99. The Labute approximate surface area is 148 Å². The molecule has 0 aliphatic rings. The van der Waals surface area contributed by atoms with Crippen LogP contribution >= 0.6 is 0 Å². The van der Waals surface area contributed by atoms with Gasteiger partial charge < -0.3 is 10.2 Å². The molecule has 0 radical (unpaired) electrons. The highest BCUT2D eigenvalue weighted by Gasteiger charge is 2.13. The van der Waals surface area contributed by atoms with Gasteiger partial charge in [-0.3, -0.25) is 4.79 Å². The fourth-order valence-corrected chi connectivity index (χ4v) is 2.73. The largest absolute Gasteiger partial charge is 0.393 e. The van der Waals surface area contributed by atoms with Crippen molar-refractivity contribution in [3.05, 3.63) is 59.4 Å². The van der Waals surface area contributed by atoms with Gasteiger partial charge in [0.15, 0.2) is 5.78 Å². The van der Waals surface area contributed by atoms with Gasteiger partial charge in [-0.25, -0.2) is 0 Å². The summed E-state index contributed by atoms with van der Waals surface area (Å²) in [6.07, 6.45) is 2.70. The Bertz CT molecular complexity index is 608. The van der Waals surface area contributed by atoms with Crippen molar-refractivity contribution < 1.29 is 4.79 Å². The van der Waals surface area contributed by atoms with E-state index in [-0.39, 0.29) is 5.78 Å². The minimum absolute atomic E-state index is 0.127. The van der Waals surface area contributed by atoms with Gasteiger partial charge in [0, 0.05) is 37.0 Å². The third-order valence-corrected chi connectivity index (χ3v) is 4.54. The number of benzene rings is 1. The number of allylic oxidation sites excluding steroid dienone is 2. The van der Waals surface area contributed by atoms with E-state index < -0.39 is 0 Å². The molecule has 0 bridgehead atoms. The van der Waals surface area contributed by atoms with E-state index >= 15 is 0 Å². The number of carbonyl (C=O) groups excluding carboxylic acids is 1. The van der Waals surface area contributed by atoms with E-state index in [2.05, 4.69) is 31.4 Å². The molecular weight excluding hydrogens is 295 g/mol. The highest BCUT2D eigenvalue weighted by molar-refractivity contribution is 6.35. The number of carbonyl (C=O) groups is 1. The highest BCUT2D eigenvalue weighted by Crippen LogP contribution is 2.17. The normalized spacial score (nSPS) is 11.5. The molecule has 3 nitrogen and oxygen atoms in total. The van der Waals surface area contributed by atoms with Gasteiger partial charge in [0.25, 0.3) is 0 Å². The first kappa shape index (κ1) is 20.1. The van der Waals surface area contributed by atoms with E-state index in [9.17, 15) is 4.79 Å². The number of ketones is 1. The molecule has 0 aliphatic heterocycles. The van der Waals surface area contributed by atoms with Crippen LogP contribution in [0.4, 0.5) is 0 Å². The Balaban J connectivity index is 2.68. The molecule has 0 heterocycles. The first-order valence-electron chi connectivity index (χ1n) is 8.65. The molecule has 0 aliphatic carbocycles. The smallest absolute Gasteiger partial charge is 0.160 e. The van der Waals surface area contributed by atoms with Crippen LogP contribution in [-0.4, -0.2) is 38.0 Å². The molecule has 4 heteroatoms. The molecule has 0 saturated heterocycles. The van der Waals surface area contributed by atoms with E-state index in [4.69, 9.17) is 0 Å². The average molecular weight is 326 g/mol. The summed E-state index contributed by atoms with van der Waals surface area (Å²) in [7, 11) is 5.04. The van der Waals surface area contributed by atoms with Gasteiger partial charge in [0.1, 0.15) is 7.28 Å². The standard InChI is InChI=1S/C20H31BN2O/c1-14(11-12-15(2)23(6)7)22-20(21-5)13-18-9-8-10-19(16(18)3)17(4)24/h8-10,20-22H,1-2,11-13H2,3-7H3. The van der Waals surface area contributed by atoms with Crippen LogP contribution in [0.2, 0.25) is 6.82 Å². The molecule has 24 heavy (non-hydrogen) atoms. The summed E-state index contributed by atoms with van der Waals surface area (Å²) in [6.45, 7) is 14.1. The summed E-state index contributed by atoms with van der Waals surface area (Å²) in [4.78, 5) is 13.8. The van der Waals surface area contributed by atoms with Crippen LogP contribution in [-0.2, 0) is 6.42 Å². The van der Waals surface area contributed by atoms with Crippen LogP contribution in [0, 0.1) is 6.92 Å². The van der Waals surface area contributed by atoms with Crippen molar-refractivity contribution in [2.75, 3.05) is 14.1 Å². The molecule has 1 N–H and O–H groups in total. The molecule has 0 aromatic heterocycles. The fraction of sp³-hybridized carbons (Fsp3) is 0.450. The zero-order chi connectivity index (χ0) is 18.3. The lowest BCUT2D eigenvalue weighted by molar-refractivity contribution is 0.101. The van der Waals surface area contributed by atoms with Crippen molar-refractivity contribution >= 4 is 13.1 Å². The fourth-order valence-electron chi connectivity index (χ4n) is 2.73. The molecule has 1 unspecified atom stereocenters. The van der Waals surface area contributed by atoms with Crippen LogP contribution < -0.4 is 5.32 Å². The predicted octanol–water partition coefficient (Wildman–Crippen LogP) is 3.51. The van der Waals surface area contributed by atoms with Crippen LogP contribution in [0.15, 0.2) is 42.8 Å². The lowest BCUT2D eigenvalue weighted by atomic mass is 9.69. The van der Waals surface area contributed by atoms with Gasteiger partial charge in [-0.05, 0) is 44.2 Å². The topological polar surface area (TPSA) is 32.3 Å². The number of nitrogens with one attached hydrogen (secondary N) is 1. The SMILES string of the molecule is C=C(CCC(=C)N(C)C)NC(BC)Cc1cccc(C(C)=O)c1C. The molecule has 0 spiro atoms. The van der Waals surface area contributed by atoms with Gasteiger partial charge >= 0.3 is 0 Å². The maximum atomic E-state index is 11.7. The molecule has 0 saturated carbocycles. The lowest BCUT2D eigenvalue weighted by Crippen LogP contribution is -2.35. The Morgan fingerprint density at radius 1 is 1.29 bits per heavy atom. The van der Waals surface area contributed by atoms with Crippen LogP contribution in [0.25, 0.3) is 0 Å². The minimum Gasteiger partial charge on any atom is -0.393 e. The molecule has 1 rings (SSSR count). The van der Waals surface area contributed by atoms with E-state index in [0.717, 1.165) is 49.1 Å².